The topological polar surface area (TPSA) is 81.0 Å². The standard InChI is InChI=1S/C18H15N3O2/c19-16(22)10-23-13-7-5-11(6-8-13)17-15-9-12-3-1-2-4-14(12)18(15)21-20-17/h1-8H,9-10H2,(H2,19,22)(H,20,21). The normalized spacial score (nSPS) is 11.8. The Kier molecular flexibility index (Phi) is 3.12. The number of aromatic amines is 1. The summed E-state index contributed by atoms with van der Waals surface area (Å²) in [4.78, 5) is 10.7. The van der Waals surface area contributed by atoms with E-state index in [0.717, 1.165) is 23.4 Å². The van der Waals surface area contributed by atoms with Crippen molar-refractivity contribution in [3.05, 3.63) is 59.7 Å². The maximum absolute atomic E-state index is 10.7. The van der Waals surface area contributed by atoms with E-state index in [4.69, 9.17) is 10.5 Å². The monoisotopic (exact) mass is 305 g/mol. The lowest BCUT2D eigenvalue weighted by atomic mass is 10.1. The Labute approximate surface area is 133 Å². The first-order chi connectivity index (χ1) is 11.2. The number of fused-ring (bicyclic) bond motifs is 3. The van der Waals surface area contributed by atoms with Crippen LogP contribution in [0.3, 0.4) is 0 Å². The molecule has 0 bridgehead atoms. The molecular formula is C18H15N3O2. The number of carbonyl (C=O) groups is 1. The van der Waals surface area contributed by atoms with Gasteiger partial charge < -0.3 is 10.5 Å². The molecule has 0 aliphatic heterocycles. The molecule has 4 rings (SSSR count). The van der Waals surface area contributed by atoms with Crippen LogP contribution >= 0.6 is 0 Å². The van der Waals surface area contributed by atoms with Gasteiger partial charge in [0.05, 0.1) is 11.4 Å². The summed E-state index contributed by atoms with van der Waals surface area (Å²) in [6, 6.07) is 15.9. The van der Waals surface area contributed by atoms with Gasteiger partial charge in [0.1, 0.15) is 5.75 Å². The molecule has 3 aromatic rings. The number of ether oxygens (including phenoxy) is 1. The van der Waals surface area contributed by atoms with E-state index in [9.17, 15) is 4.79 Å². The van der Waals surface area contributed by atoms with Crippen LogP contribution in [-0.2, 0) is 11.2 Å². The molecule has 0 fully saturated rings. The van der Waals surface area contributed by atoms with Crippen molar-refractivity contribution in [3.63, 3.8) is 0 Å². The van der Waals surface area contributed by atoms with Crippen LogP contribution in [0.5, 0.6) is 5.75 Å². The second-order valence-electron chi connectivity index (χ2n) is 5.54. The van der Waals surface area contributed by atoms with Gasteiger partial charge in [-0.05, 0) is 29.8 Å². The summed E-state index contributed by atoms with van der Waals surface area (Å²) in [6.45, 7) is -0.119. The lowest BCUT2D eigenvalue weighted by molar-refractivity contribution is -0.119. The summed E-state index contributed by atoms with van der Waals surface area (Å²) in [7, 11) is 0. The minimum absolute atomic E-state index is 0.119. The number of primary amides is 1. The number of hydrogen-bond acceptors (Lipinski definition) is 3. The highest BCUT2D eigenvalue weighted by molar-refractivity contribution is 5.81. The van der Waals surface area contributed by atoms with Crippen LogP contribution < -0.4 is 10.5 Å². The zero-order chi connectivity index (χ0) is 15.8. The van der Waals surface area contributed by atoms with Crippen LogP contribution in [0.15, 0.2) is 48.5 Å². The number of hydrogen-bond donors (Lipinski definition) is 2. The van der Waals surface area contributed by atoms with E-state index in [-0.39, 0.29) is 6.61 Å². The molecule has 0 atom stereocenters. The summed E-state index contributed by atoms with van der Waals surface area (Å²) in [5.74, 6) is 0.125. The molecule has 0 radical (unpaired) electrons. The molecule has 1 aliphatic rings. The fraction of sp³-hybridized carbons (Fsp3) is 0.111. The fourth-order valence-corrected chi connectivity index (χ4v) is 2.97. The Morgan fingerprint density at radius 3 is 2.74 bits per heavy atom. The van der Waals surface area contributed by atoms with Crippen molar-refractivity contribution in [2.75, 3.05) is 6.61 Å². The van der Waals surface area contributed by atoms with Crippen molar-refractivity contribution in [3.8, 4) is 28.3 Å². The van der Waals surface area contributed by atoms with Crippen molar-refractivity contribution >= 4 is 5.91 Å². The molecule has 5 nitrogen and oxygen atoms in total. The average Bonchev–Trinajstić information content (AvgIpc) is 3.12. The SMILES string of the molecule is NC(=O)COc1ccc(-c2n[nH]c3c2Cc2ccccc2-3)cc1. The Bertz CT molecular complexity index is 882. The molecule has 2 aromatic carbocycles. The summed E-state index contributed by atoms with van der Waals surface area (Å²) in [5, 5.41) is 7.62. The fourth-order valence-electron chi connectivity index (χ4n) is 2.97. The van der Waals surface area contributed by atoms with E-state index < -0.39 is 5.91 Å². The van der Waals surface area contributed by atoms with Gasteiger partial charge in [-0.3, -0.25) is 9.89 Å². The van der Waals surface area contributed by atoms with Crippen LogP contribution in [0, 0.1) is 0 Å². The molecule has 114 valence electrons. The van der Waals surface area contributed by atoms with E-state index in [1.54, 1.807) is 0 Å². The van der Waals surface area contributed by atoms with Gasteiger partial charge >= 0.3 is 0 Å². The van der Waals surface area contributed by atoms with Crippen LogP contribution in [0.1, 0.15) is 11.1 Å². The van der Waals surface area contributed by atoms with E-state index >= 15 is 0 Å². The zero-order valence-corrected chi connectivity index (χ0v) is 12.4. The van der Waals surface area contributed by atoms with E-state index in [0.29, 0.717) is 5.75 Å². The van der Waals surface area contributed by atoms with Crippen molar-refractivity contribution in [2.24, 2.45) is 5.73 Å². The van der Waals surface area contributed by atoms with Crippen LogP contribution in [0.2, 0.25) is 0 Å². The Balaban J connectivity index is 1.63. The predicted molar refractivity (Wildman–Crippen MR) is 87.0 cm³/mol. The number of benzene rings is 2. The van der Waals surface area contributed by atoms with Gasteiger partial charge in [-0.15, -0.1) is 0 Å². The second kappa shape index (κ2) is 5.28. The van der Waals surface area contributed by atoms with Gasteiger partial charge in [0, 0.05) is 23.1 Å². The van der Waals surface area contributed by atoms with Crippen LogP contribution in [0.4, 0.5) is 0 Å². The molecular weight excluding hydrogens is 290 g/mol. The number of nitrogens with zero attached hydrogens (tertiary/aromatic N) is 1. The highest BCUT2D eigenvalue weighted by Gasteiger charge is 2.24. The minimum atomic E-state index is -0.489. The molecule has 3 N–H and O–H groups in total. The number of carbonyl (C=O) groups excluding carboxylic acids is 1. The van der Waals surface area contributed by atoms with Gasteiger partial charge in [0.15, 0.2) is 6.61 Å². The number of aromatic nitrogens is 2. The number of amides is 1. The third-order valence-corrected chi connectivity index (χ3v) is 4.03. The first-order valence-electron chi connectivity index (χ1n) is 7.39. The third-order valence-electron chi connectivity index (χ3n) is 4.03. The molecule has 0 spiro atoms. The molecule has 0 unspecified atom stereocenters. The molecule has 1 aromatic heterocycles. The van der Waals surface area contributed by atoms with Crippen molar-refractivity contribution < 1.29 is 9.53 Å². The summed E-state index contributed by atoms with van der Waals surface area (Å²) in [6.07, 6.45) is 0.886. The van der Waals surface area contributed by atoms with Gasteiger partial charge in [-0.25, -0.2) is 0 Å². The molecule has 1 aliphatic carbocycles. The van der Waals surface area contributed by atoms with Gasteiger partial charge in [0.25, 0.3) is 5.91 Å². The Morgan fingerprint density at radius 1 is 1.17 bits per heavy atom. The Hall–Kier alpha value is -3.08. The average molecular weight is 305 g/mol. The third kappa shape index (κ3) is 2.36. The van der Waals surface area contributed by atoms with Crippen molar-refractivity contribution in [1.29, 1.82) is 0 Å². The molecule has 1 heterocycles. The number of nitrogens with one attached hydrogen (secondary N) is 1. The largest absolute Gasteiger partial charge is 0.484 e. The first-order valence-corrected chi connectivity index (χ1v) is 7.39. The summed E-state index contributed by atoms with van der Waals surface area (Å²) < 4.78 is 5.28. The van der Waals surface area contributed by atoms with Gasteiger partial charge in [-0.2, -0.15) is 5.10 Å². The number of rotatable bonds is 4. The lowest BCUT2D eigenvalue weighted by Gasteiger charge is -2.05. The predicted octanol–water partition coefficient (Wildman–Crippen LogP) is 2.51. The molecule has 1 amide bonds. The zero-order valence-electron chi connectivity index (χ0n) is 12.4. The quantitative estimate of drug-likeness (QED) is 0.608. The highest BCUT2D eigenvalue weighted by Crippen LogP contribution is 2.39. The van der Waals surface area contributed by atoms with E-state index in [2.05, 4.69) is 28.4 Å². The lowest BCUT2D eigenvalue weighted by Crippen LogP contribution is -2.19. The van der Waals surface area contributed by atoms with Gasteiger partial charge in [0.2, 0.25) is 0 Å². The van der Waals surface area contributed by atoms with Crippen molar-refractivity contribution in [2.45, 2.75) is 6.42 Å². The maximum atomic E-state index is 10.7. The highest BCUT2D eigenvalue weighted by atomic mass is 16.5. The van der Waals surface area contributed by atoms with E-state index in [1.807, 2.05) is 30.3 Å². The second-order valence-corrected chi connectivity index (χ2v) is 5.54. The Morgan fingerprint density at radius 2 is 1.96 bits per heavy atom. The minimum Gasteiger partial charge on any atom is -0.484 e. The smallest absolute Gasteiger partial charge is 0.255 e. The number of H-pyrrole nitrogens is 1. The molecule has 23 heavy (non-hydrogen) atoms. The van der Waals surface area contributed by atoms with Crippen LogP contribution in [0.25, 0.3) is 22.5 Å². The first kappa shape index (κ1) is 13.6. The van der Waals surface area contributed by atoms with Crippen LogP contribution in [-0.4, -0.2) is 22.7 Å². The molecule has 0 saturated heterocycles. The molecule has 5 heteroatoms. The van der Waals surface area contributed by atoms with Gasteiger partial charge in [-0.1, -0.05) is 24.3 Å². The maximum Gasteiger partial charge on any atom is 0.255 e. The number of nitrogens with two attached hydrogens (primary N) is 1. The van der Waals surface area contributed by atoms with E-state index in [1.165, 1.54) is 16.7 Å². The summed E-state index contributed by atoms with van der Waals surface area (Å²) >= 11 is 0. The summed E-state index contributed by atoms with van der Waals surface area (Å²) in [5.41, 5.74) is 11.9. The molecule has 0 saturated carbocycles. The van der Waals surface area contributed by atoms with Crippen molar-refractivity contribution in [1.82, 2.24) is 10.2 Å².